The van der Waals surface area contributed by atoms with Crippen molar-refractivity contribution in [1.29, 1.82) is 0 Å². The van der Waals surface area contributed by atoms with Crippen molar-refractivity contribution in [3.8, 4) is 0 Å². The van der Waals surface area contributed by atoms with Crippen LogP contribution < -0.4 is 0 Å². The fourth-order valence-electron chi connectivity index (χ4n) is 6.65. The molecule has 0 heterocycles. The molecule has 0 amide bonds. The fourth-order valence-corrected chi connectivity index (χ4v) is 6.65. The molecule has 0 radical (unpaired) electrons. The Morgan fingerprint density at radius 2 is 0.629 bits per heavy atom. The average molecular weight is 861 g/mol. The lowest BCUT2D eigenvalue weighted by atomic mass is 10.0. The molecule has 0 aromatic rings. The van der Waals surface area contributed by atoms with E-state index in [0.29, 0.717) is 19.3 Å². The monoisotopic (exact) mass is 861 g/mol. The van der Waals surface area contributed by atoms with Gasteiger partial charge in [0.2, 0.25) is 0 Å². The molecule has 0 rings (SSSR count). The minimum Gasteiger partial charge on any atom is -0.462 e. The first-order valence-electron chi connectivity index (χ1n) is 25.2. The Labute approximate surface area is 381 Å². The van der Waals surface area contributed by atoms with Crippen LogP contribution in [0.15, 0.2) is 97.2 Å². The molecular formula is C56H92O6. The number of carbonyl (C=O) groups excluding carboxylic acids is 3. The molecule has 0 aliphatic heterocycles. The van der Waals surface area contributed by atoms with Gasteiger partial charge in [-0.05, 0) is 70.6 Å². The number of unbranched alkanes of at least 4 members (excludes halogenated alkanes) is 17. The Morgan fingerprint density at radius 3 is 0.984 bits per heavy atom. The van der Waals surface area contributed by atoms with Crippen LogP contribution in [0.25, 0.3) is 0 Å². The van der Waals surface area contributed by atoms with Crippen molar-refractivity contribution in [3.05, 3.63) is 97.2 Å². The van der Waals surface area contributed by atoms with Crippen LogP contribution in [0.5, 0.6) is 0 Å². The first-order chi connectivity index (χ1) is 30.5. The maximum Gasteiger partial charge on any atom is 0.306 e. The van der Waals surface area contributed by atoms with E-state index < -0.39 is 12.1 Å². The lowest BCUT2D eigenvalue weighted by Gasteiger charge is -2.18. The Hall–Kier alpha value is -3.67. The van der Waals surface area contributed by atoms with Crippen molar-refractivity contribution in [2.75, 3.05) is 13.2 Å². The van der Waals surface area contributed by atoms with Crippen LogP contribution in [-0.4, -0.2) is 37.2 Å². The number of allylic oxidation sites excluding steroid dienone is 16. The summed E-state index contributed by atoms with van der Waals surface area (Å²) in [5, 5.41) is 0. The summed E-state index contributed by atoms with van der Waals surface area (Å²) in [5.41, 5.74) is 0. The van der Waals surface area contributed by atoms with Gasteiger partial charge in [0.05, 0.1) is 0 Å². The Bertz CT molecular complexity index is 1260. The Balaban J connectivity index is 4.49. The smallest absolute Gasteiger partial charge is 0.306 e. The molecule has 0 N–H and O–H groups in total. The van der Waals surface area contributed by atoms with Crippen LogP contribution in [-0.2, 0) is 28.6 Å². The molecule has 0 aromatic heterocycles. The highest BCUT2D eigenvalue weighted by Crippen LogP contribution is 2.15. The molecule has 0 spiro atoms. The zero-order valence-electron chi connectivity index (χ0n) is 40.1. The highest BCUT2D eigenvalue weighted by Gasteiger charge is 2.19. The summed E-state index contributed by atoms with van der Waals surface area (Å²) in [6.07, 6.45) is 65.7. The van der Waals surface area contributed by atoms with E-state index in [1.165, 1.54) is 96.3 Å². The Kier molecular flexibility index (Phi) is 47.0. The normalized spacial score (nSPS) is 12.9. The van der Waals surface area contributed by atoms with Gasteiger partial charge < -0.3 is 14.2 Å². The number of esters is 3. The van der Waals surface area contributed by atoms with Gasteiger partial charge >= 0.3 is 17.9 Å². The summed E-state index contributed by atoms with van der Waals surface area (Å²) >= 11 is 0. The second kappa shape index (κ2) is 50.0. The van der Waals surface area contributed by atoms with Gasteiger partial charge in [0.15, 0.2) is 6.10 Å². The van der Waals surface area contributed by atoms with Gasteiger partial charge in [-0.3, -0.25) is 14.4 Å². The molecule has 0 aromatic carbocycles. The summed E-state index contributed by atoms with van der Waals surface area (Å²) in [4.78, 5) is 37.8. The zero-order chi connectivity index (χ0) is 45.1. The van der Waals surface area contributed by atoms with E-state index in [-0.39, 0.29) is 38.0 Å². The van der Waals surface area contributed by atoms with Crippen LogP contribution in [0, 0.1) is 0 Å². The third-order valence-corrected chi connectivity index (χ3v) is 10.4. The van der Waals surface area contributed by atoms with Crippen molar-refractivity contribution in [2.45, 2.75) is 226 Å². The van der Waals surface area contributed by atoms with E-state index in [9.17, 15) is 14.4 Å². The summed E-state index contributed by atoms with van der Waals surface area (Å²) in [5.74, 6) is -1.10. The number of ether oxygens (including phenoxy) is 3. The maximum absolute atomic E-state index is 12.7. The van der Waals surface area contributed by atoms with E-state index in [1.54, 1.807) is 0 Å². The molecule has 0 fully saturated rings. The predicted octanol–water partition coefficient (Wildman–Crippen LogP) is 16.6. The number of carbonyl (C=O) groups is 3. The molecule has 0 aliphatic rings. The van der Waals surface area contributed by atoms with Crippen molar-refractivity contribution in [3.63, 3.8) is 0 Å². The summed E-state index contributed by atoms with van der Waals surface area (Å²) < 4.78 is 16.6. The number of hydrogen-bond donors (Lipinski definition) is 0. The van der Waals surface area contributed by atoms with E-state index in [0.717, 1.165) is 70.6 Å². The topological polar surface area (TPSA) is 78.9 Å². The van der Waals surface area contributed by atoms with E-state index in [2.05, 4.69) is 93.7 Å². The van der Waals surface area contributed by atoms with E-state index >= 15 is 0 Å². The first kappa shape index (κ1) is 58.3. The van der Waals surface area contributed by atoms with Crippen molar-refractivity contribution >= 4 is 17.9 Å². The number of hydrogen-bond acceptors (Lipinski definition) is 6. The lowest BCUT2D eigenvalue weighted by Crippen LogP contribution is -2.30. The first-order valence-corrected chi connectivity index (χ1v) is 25.2. The number of rotatable bonds is 44. The summed E-state index contributed by atoms with van der Waals surface area (Å²) in [7, 11) is 0. The maximum atomic E-state index is 12.7. The van der Waals surface area contributed by atoms with Crippen LogP contribution in [0.3, 0.4) is 0 Å². The molecule has 1 atom stereocenters. The molecule has 6 heteroatoms. The van der Waals surface area contributed by atoms with Crippen molar-refractivity contribution < 1.29 is 28.6 Å². The van der Waals surface area contributed by atoms with Crippen molar-refractivity contribution in [2.24, 2.45) is 0 Å². The van der Waals surface area contributed by atoms with Gasteiger partial charge in [-0.2, -0.15) is 0 Å². The second-order valence-electron chi connectivity index (χ2n) is 16.3. The molecule has 62 heavy (non-hydrogen) atoms. The molecular weight excluding hydrogens is 769 g/mol. The third-order valence-electron chi connectivity index (χ3n) is 10.4. The molecule has 0 saturated carbocycles. The highest BCUT2D eigenvalue weighted by molar-refractivity contribution is 5.71. The van der Waals surface area contributed by atoms with Crippen LogP contribution in [0.4, 0.5) is 0 Å². The van der Waals surface area contributed by atoms with E-state index in [1.807, 2.05) is 24.3 Å². The molecule has 0 bridgehead atoms. The minimum absolute atomic E-state index is 0.127. The third kappa shape index (κ3) is 47.4. The van der Waals surface area contributed by atoms with Gasteiger partial charge in [-0.25, -0.2) is 0 Å². The standard InChI is InChI=1S/C56H92O6/c1-4-7-10-13-16-19-22-25-26-27-28-29-32-34-37-40-43-46-49-55(58)61-52-53(62-56(59)50-47-44-41-38-35-31-24-21-18-15-12-9-6-3)51-60-54(57)48-45-42-39-36-33-30-23-20-17-14-11-8-5-2/h8-9,11-12,17-18,20-21,30-31,33,35,39,41-42,44,53H,4-7,10,13-16,19,22-29,32,34,36-38,40,43,45-52H2,1-3H3/b11-8-,12-9-,20-17-,21-18-,33-30-,35-31-,42-39-,44-41-. The van der Waals surface area contributed by atoms with Gasteiger partial charge in [0.25, 0.3) is 0 Å². The molecule has 352 valence electrons. The van der Waals surface area contributed by atoms with E-state index in [4.69, 9.17) is 14.2 Å². The largest absolute Gasteiger partial charge is 0.462 e. The SMILES string of the molecule is CC/C=C\C/C=C\C/C=C\C/C=C\CCC(=O)OCC(COC(=O)CCCCCCCCCCCCCCCCCCCC)OC(=O)CC/C=C\C/C=C\C/C=C\C/C=C\CC. The Morgan fingerprint density at radius 1 is 0.339 bits per heavy atom. The van der Waals surface area contributed by atoms with Crippen LogP contribution in [0.2, 0.25) is 0 Å². The molecule has 0 aliphatic carbocycles. The fraction of sp³-hybridized carbons (Fsp3) is 0.661. The van der Waals surface area contributed by atoms with Gasteiger partial charge in [0.1, 0.15) is 13.2 Å². The molecule has 1 unspecified atom stereocenters. The molecule has 6 nitrogen and oxygen atoms in total. The van der Waals surface area contributed by atoms with Crippen LogP contribution in [0.1, 0.15) is 220 Å². The van der Waals surface area contributed by atoms with Gasteiger partial charge in [-0.1, -0.05) is 227 Å². The molecule has 0 saturated heterocycles. The van der Waals surface area contributed by atoms with Crippen molar-refractivity contribution in [1.82, 2.24) is 0 Å². The lowest BCUT2D eigenvalue weighted by molar-refractivity contribution is -0.166. The average Bonchev–Trinajstić information content (AvgIpc) is 3.27. The summed E-state index contributed by atoms with van der Waals surface area (Å²) in [6.45, 7) is 6.27. The van der Waals surface area contributed by atoms with Gasteiger partial charge in [0, 0.05) is 19.3 Å². The minimum atomic E-state index is -0.842. The quantitative estimate of drug-likeness (QED) is 0.0263. The predicted molar refractivity (Wildman–Crippen MR) is 265 cm³/mol. The zero-order valence-corrected chi connectivity index (χ0v) is 40.1. The summed E-state index contributed by atoms with van der Waals surface area (Å²) in [6, 6.07) is 0. The second-order valence-corrected chi connectivity index (χ2v) is 16.3. The highest BCUT2D eigenvalue weighted by atomic mass is 16.6. The van der Waals surface area contributed by atoms with Gasteiger partial charge in [-0.15, -0.1) is 0 Å². The van der Waals surface area contributed by atoms with Crippen LogP contribution >= 0.6 is 0 Å².